The predicted octanol–water partition coefficient (Wildman–Crippen LogP) is 4.06. The first-order valence-corrected chi connectivity index (χ1v) is 7.82. The third-order valence-electron chi connectivity index (χ3n) is 4.16. The molecule has 0 spiro atoms. The summed E-state index contributed by atoms with van der Waals surface area (Å²) in [6, 6.07) is 11.3. The summed E-state index contributed by atoms with van der Waals surface area (Å²) >= 11 is 3.40. The lowest BCUT2D eigenvalue weighted by Crippen LogP contribution is -2.09. The van der Waals surface area contributed by atoms with Crippen LogP contribution in [-0.4, -0.2) is 11.6 Å². The fourth-order valence-corrected chi connectivity index (χ4v) is 3.44. The van der Waals surface area contributed by atoms with E-state index in [0.29, 0.717) is 28.8 Å². The number of hydrogen-bond donors (Lipinski definition) is 1. The van der Waals surface area contributed by atoms with Crippen LogP contribution in [0.2, 0.25) is 0 Å². The van der Waals surface area contributed by atoms with Gasteiger partial charge >= 0.3 is 0 Å². The topological polar surface area (TPSA) is 46.2 Å². The molecule has 4 rings (SSSR count). The second-order valence-corrected chi connectivity index (χ2v) is 6.58. The number of aryl methyl sites for hydroxylation is 1. The van der Waals surface area contributed by atoms with Gasteiger partial charge in [-0.15, -0.1) is 0 Å². The van der Waals surface area contributed by atoms with Gasteiger partial charge in [-0.05, 0) is 30.7 Å². The number of allylic oxidation sites excluding steroid dienone is 2. The van der Waals surface area contributed by atoms with E-state index in [1.165, 1.54) is 0 Å². The molecule has 3 nitrogen and oxygen atoms in total. The minimum absolute atomic E-state index is 0.0438. The Kier molecular flexibility index (Phi) is 2.84. The maximum Gasteiger partial charge on any atom is 0.211 e. The summed E-state index contributed by atoms with van der Waals surface area (Å²) < 4.78 is 0.898. The molecule has 0 amide bonds. The van der Waals surface area contributed by atoms with Crippen molar-refractivity contribution in [2.75, 3.05) is 5.32 Å². The van der Waals surface area contributed by atoms with E-state index in [1.54, 1.807) is 6.07 Å². The first-order chi connectivity index (χ1) is 10.5. The van der Waals surface area contributed by atoms with Crippen LogP contribution in [0.15, 0.2) is 52.1 Å². The van der Waals surface area contributed by atoms with Gasteiger partial charge in [-0.3, -0.25) is 9.59 Å². The Balaban J connectivity index is 1.82. The predicted molar refractivity (Wildman–Crippen MR) is 88.3 cm³/mol. The molecule has 0 unspecified atom stereocenters. The first-order valence-electron chi connectivity index (χ1n) is 7.03. The molecule has 2 aliphatic rings. The van der Waals surface area contributed by atoms with Gasteiger partial charge in [0.15, 0.2) is 5.78 Å². The van der Waals surface area contributed by atoms with Gasteiger partial charge in [0.1, 0.15) is 0 Å². The van der Waals surface area contributed by atoms with E-state index in [4.69, 9.17) is 0 Å². The second kappa shape index (κ2) is 4.65. The van der Waals surface area contributed by atoms with E-state index in [9.17, 15) is 9.59 Å². The zero-order valence-electron chi connectivity index (χ0n) is 11.9. The molecule has 0 atom stereocenters. The molecular weight excluding hydrogens is 342 g/mol. The lowest BCUT2D eigenvalue weighted by molar-refractivity contribution is 0.101. The molecule has 0 saturated carbocycles. The van der Waals surface area contributed by atoms with Crippen LogP contribution in [0, 0.1) is 6.92 Å². The third-order valence-corrected chi connectivity index (χ3v) is 4.65. The van der Waals surface area contributed by atoms with E-state index in [0.717, 1.165) is 21.3 Å². The highest BCUT2D eigenvalue weighted by molar-refractivity contribution is 9.10. The molecule has 108 valence electrons. The van der Waals surface area contributed by atoms with E-state index >= 15 is 0 Å². The summed E-state index contributed by atoms with van der Waals surface area (Å²) in [4.78, 5) is 25.2. The van der Waals surface area contributed by atoms with Crippen molar-refractivity contribution in [3.63, 3.8) is 0 Å². The Labute approximate surface area is 136 Å². The molecule has 22 heavy (non-hydrogen) atoms. The molecule has 0 radical (unpaired) electrons. The van der Waals surface area contributed by atoms with E-state index in [-0.39, 0.29) is 11.6 Å². The van der Waals surface area contributed by atoms with Gasteiger partial charge in [-0.2, -0.15) is 0 Å². The number of halogens is 1. The minimum Gasteiger partial charge on any atom is -0.351 e. The molecule has 1 heterocycles. The number of benzene rings is 2. The zero-order chi connectivity index (χ0) is 15.4. The molecule has 1 N–H and O–H groups in total. The molecule has 0 fully saturated rings. The molecule has 1 aliphatic carbocycles. The summed E-state index contributed by atoms with van der Waals surface area (Å²) in [6.07, 6.45) is 0.513. The van der Waals surface area contributed by atoms with E-state index < -0.39 is 0 Å². The van der Waals surface area contributed by atoms with Gasteiger partial charge in [-0.1, -0.05) is 39.7 Å². The minimum atomic E-state index is -0.102. The van der Waals surface area contributed by atoms with Gasteiger partial charge in [0.25, 0.3) is 0 Å². The Morgan fingerprint density at radius 3 is 2.59 bits per heavy atom. The maximum absolute atomic E-state index is 12.6. The molecular formula is C18H12BrNO2. The smallest absolute Gasteiger partial charge is 0.211 e. The van der Waals surface area contributed by atoms with Crippen LogP contribution in [-0.2, 0) is 6.42 Å². The fourth-order valence-electron chi connectivity index (χ4n) is 3.08. The number of ketones is 2. The highest BCUT2D eigenvalue weighted by atomic mass is 79.9. The normalized spacial score (nSPS) is 19.2. The Bertz CT molecular complexity index is 822. The zero-order valence-corrected chi connectivity index (χ0v) is 13.5. The van der Waals surface area contributed by atoms with Crippen LogP contribution < -0.4 is 5.32 Å². The summed E-state index contributed by atoms with van der Waals surface area (Å²) in [5.74, 6) is -0.145. The molecule has 2 aromatic rings. The Hall–Kier alpha value is -2.20. The van der Waals surface area contributed by atoms with Crippen molar-refractivity contribution in [3.05, 3.63) is 74.4 Å². The monoisotopic (exact) mass is 353 g/mol. The van der Waals surface area contributed by atoms with Crippen molar-refractivity contribution >= 4 is 33.2 Å². The Morgan fingerprint density at radius 1 is 1.00 bits per heavy atom. The fraction of sp³-hybridized carbons (Fsp3) is 0.111. The molecule has 0 saturated heterocycles. The maximum atomic E-state index is 12.6. The van der Waals surface area contributed by atoms with Gasteiger partial charge in [-0.25, -0.2) is 0 Å². The SMILES string of the molecule is Cc1ccc2c(c1)C/C(=C1/Nc3cc(Br)ccc3C1=O)C2=O. The van der Waals surface area contributed by atoms with Gasteiger partial charge in [0.2, 0.25) is 5.78 Å². The van der Waals surface area contributed by atoms with Crippen molar-refractivity contribution in [3.8, 4) is 0 Å². The summed E-state index contributed by atoms with van der Waals surface area (Å²) in [7, 11) is 0. The van der Waals surface area contributed by atoms with Crippen LogP contribution in [0.25, 0.3) is 0 Å². The quantitative estimate of drug-likeness (QED) is 0.726. The van der Waals surface area contributed by atoms with Gasteiger partial charge < -0.3 is 5.32 Å². The van der Waals surface area contributed by atoms with Crippen LogP contribution in [0.3, 0.4) is 0 Å². The molecule has 2 aromatic carbocycles. The molecule has 0 bridgehead atoms. The van der Waals surface area contributed by atoms with Crippen molar-refractivity contribution in [1.29, 1.82) is 0 Å². The highest BCUT2D eigenvalue weighted by Crippen LogP contribution is 2.36. The van der Waals surface area contributed by atoms with Crippen LogP contribution in [0.4, 0.5) is 5.69 Å². The average molecular weight is 354 g/mol. The number of nitrogens with one attached hydrogen (secondary N) is 1. The first kappa shape index (κ1) is 13.5. The summed E-state index contributed by atoms with van der Waals surface area (Å²) in [5.41, 5.74) is 5.19. The number of fused-ring (bicyclic) bond motifs is 2. The number of carbonyl (C=O) groups excluding carboxylic acids is 2. The lowest BCUT2D eigenvalue weighted by atomic mass is 10.1. The molecule has 0 aromatic heterocycles. The number of anilines is 1. The van der Waals surface area contributed by atoms with Gasteiger partial charge in [0, 0.05) is 27.6 Å². The highest BCUT2D eigenvalue weighted by Gasteiger charge is 2.34. The van der Waals surface area contributed by atoms with E-state index in [2.05, 4.69) is 21.2 Å². The standard InChI is InChI=1S/C18H12BrNO2/c1-9-2-4-12-10(6-9)7-14(17(12)21)16-18(22)13-5-3-11(19)8-15(13)20-16/h2-6,8,20H,7H2,1H3/b16-14-. The van der Waals surface area contributed by atoms with E-state index in [1.807, 2.05) is 37.3 Å². The van der Waals surface area contributed by atoms with Crippen LogP contribution in [0.1, 0.15) is 31.8 Å². The lowest BCUT2D eigenvalue weighted by Gasteiger charge is -2.02. The van der Waals surface area contributed by atoms with Gasteiger partial charge in [0.05, 0.1) is 11.4 Å². The second-order valence-electron chi connectivity index (χ2n) is 5.66. The number of carbonyl (C=O) groups is 2. The van der Waals surface area contributed by atoms with Crippen LogP contribution in [0.5, 0.6) is 0 Å². The van der Waals surface area contributed by atoms with Crippen molar-refractivity contribution in [1.82, 2.24) is 0 Å². The Morgan fingerprint density at radius 2 is 1.77 bits per heavy atom. The number of rotatable bonds is 0. The van der Waals surface area contributed by atoms with Crippen molar-refractivity contribution < 1.29 is 9.59 Å². The van der Waals surface area contributed by atoms with Crippen molar-refractivity contribution in [2.45, 2.75) is 13.3 Å². The largest absolute Gasteiger partial charge is 0.351 e. The number of hydrogen-bond acceptors (Lipinski definition) is 3. The summed E-state index contributed by atoms with van der Waals surface area (Å²) in [6.45, 7) is 2.00. The van der Waals surface area contributed by atoms with Crippen LogP contribution >= 0.6 is 15.9 Å². The average Bonchev–Trinajstić information content (AvgIpc) is 2.96. The van der Waals surface area contributed by atoms with Crippen molar-refractivity contribution in [2.24, 2.45) is 0 Å². The molecule has 1 aliphatic heterocycles. The number of Topliss-reactive ketones (excluding diaryl/α,β-unsaturated/α-hetero) is 2. The summed E-state index contributed by atoms with van der Waals surface area (Å²) in [5, 5.41) is 3.13. The molecule has 4 heteroatoms. The third kappa shape index (κ3) is 1.87.